The molecule has 4 nitrogen and oxygen atoms in total. The standard InChI is InChI=1S/C32H49N3O/c36-32(33-27-17-7-2-1-3-8-18-27)31-29(25-26-15-5-4-6-16-26)28-19-9-10-20-30(28)35(31)24-14-13-23-34-21-11-12-22-34/h9-10,19-20,26-27H,1-8,11-18,21-25H2,(H,33,36). The smallest absolute Gasteiger partial charge is 0.268 e. The van der Waals surface area contributed by atoms with E-state index in [2.05, 4.69) is 39.0 Å². The molecule has 1 aromatic heterocycles. The highest BCUT2D eigenvalue weighted by Crippen LogP contribution is 2.34. The number of carbonyl (C=O) groups excluding carboxylic acids is 1. The molecule has 0 radical (unpaired) electrons. The van der Waals surface area contributed by atoms with E-state index in [9.17, 15) is 4.79 Å². The summed E-state index contributed by atoms with van der Waals surface area (Å²) in [6, 6.07) is 9.19. The minimum atomic E-state index is 0.196. The minimum absolute atomic E-state index is 0.196. The molecule has 1 saturated heterocycles. The van der Waals surface area contributed by atoms with Crippen LogP contribution in [-0.2, 0) is 13.0 Å². The van der Waals surface area contributed by atoms with Gasteiger partial charge >= 0.3 is 0 Å². The molecule has 36 heavy (non-hydrogen) atoms. The number of nitrogens with one attached hydrogen (secondary N) is 1. The first-order valence-corrected chi connectivity index (χ1v) is 15.4. The molecule has 3 fully saturated rings. The largest absolute Gasteiger partial charge is 0.348 e. The van der Waals surface area contributed by atoms with Gasteiger partial charge in [-0.1, -0.05) is 82.4 Å². The molecule has 2 aliphatic carbocycles. The van der Waals surface area contributed by atoms with Gasteiger partial charge in [-0.2, -0.15) is 0 Å². The highest BCUT2D eigenvalue weighted by atomic mass is 16.2. The molecule has 0 spiro atoms. The zero-order valence-corrected chi connectivity index (χ0v) is 22.6. The fourth-order valence-corrected chi connectivity index (χ4v) is 7.22. The van der Waals surface area contributed by atoms with Crippen molar-refractivity contribution >= 4 is 16.8 Å². The van der Waals surface area contributed by atoms with Crippen molar-refractivity contribution in [1.82, 2.24) is 14.8 Å². The Morgan fingerprint density at radius 3 is 2.19 bits per heavy atom. The molecule has 1 amide bonds. The lowest BCUT2D eigenvalue weighted by atomic mass is 9.84. The van der Waals surface area contributed by atoms with Crippen LogP contribution in [0, 0.1) is 5.92 Å². The van der Waals surface area contributed by atoms with Gasteiger partial charge in [0.15, 0.2) is 0 Å². The van der Waals surface area contributed by atoms with E-state index in [-0.39, 0.29) is 5.91 Å². The molecule has 1 aliphatic heterocycles. The third-order valence-corrected chi connectivity index (χ3v) is 9.25. The van der Waals surface area contributed by atoms with E-state index in [1.807, 2.05) is 0 Å². The number of aryl methyl sites for hydroxylation is 1. The summed E-state index contributed by atoms with van der Waals surface area (Å²) in [5, 5.41) is 4.87. The Balaban J connectivity index is 1.40. The predicted octanol–water partition coefficient (Wildman–Crippen LogP) is 7.48. The van der Waals surface area contributed by atoms with Crippen LogP contribution in [0.2, 0.25) is 0 Å². The summed E-state index contributed by atoms with van der Waals surface area (Å²) in [6.07, 6.45) is 21.6. The van der Waals surface area contributed by atoms with E-state index in [4.69, 9.17) is 0 Å². The fourth-order valence-electron chi connectivity index (χ4n) is 7.22. The number of hydrogen-bond acceptors (Lipinski definition) is 2. The number of unbranched alkanes of at least 4 members (excludes halogenated alkanes) is 1. The maximum absolute atomic E-state index is 14.1. The van der Waals surface area contributed by atoms with Gasteiger partial charge in [0.1, 0.15) is 5.69 Å². The average molecular weight is 492 g/mol. The van der Waals surface area contributed by atoms with Crippen molar-refractivity contribution in [2.75, 3.05) is 19.6 Å². The van der Waals surface area contributed by atoms with Gasteiger partial charge in [-0.25, -0.2) is 0 Å². The summed E-state index contributed by atoms with van der Waals surface area (Å²) in [4.78, 5) is 16.7. The number of para-hydroxylation sites is 1. The molecular formula is C32H49N3O. The average Bonchev–Trinajstić information content (AvgIpc) is 3.51. The molecule has 2 saturated carbocycles. The van der Waals surface area contributed by atoms with Crippen molar-refractivity contribution < 1.29 is 4.79 Å². The van der Waals surface area contributed by atoms with E-state index >= 15 is 0 Å². The number of hydrogen-bond donors (Lipinski definition) is 1. The van der Waals surface area contributed by atoms with Crippen molar-refractivity contribution in [2.24, 2.45) is 5.92 Å². The van der Waals surface area contributed by atoms with Gasteiger partial charge in [0, 0.05) is 23.5 Å². The van der Waals surface area contributed by atoms with Gasteiger partial charge < -0.3 is 14.8 Å². The van der Waals surface area contributed by atoms with Gasteiger partial charge in [-0.3, -0.25) is 4.79 Å². The zero-order valence-electron chi connectivity index (χ0n) is 22.6. The number of rotatable bonds is 9. The van der Waals surface area contributed by atoms with Crippen LogP contribution in [-0.4, -0.2) is 41.1 Å². The number of amides is 1. The normalized spacial score (nSPS) is 21.0. The Morgan fingerprint density at radius 2 is 1.42 bits per heavy atom. The first-order valence-electron chi connectivity index (χ1n) is 15.4. The van der Waals surface area contributed by atoms with Gasteiger partial charge in [0.2, 0.25) is 0 Å². The molecule has 1 aromatic carbocycles. The lowest BCUT2D eigenvalue weighted by molar-refractivity contribution is 0.0919. The lowest BCUT2D eigenvalue weighted by Crippen LogP contribution is -2.37. The second kappa shape index (κ2) is 13.1. The molecule has 2 heterocycles. The molecule has 3 aliphatic rings. The molecular weight excluding hydrogens is 442 g/mol. The number of likely N-dealkylation sites (tertiary alicyclic amines) is 1. The lowest BCUT2D eigenvalue weighted by Gasteiger charge is -2.24. The third kappa shape index (κ3) is 6.54. The number of carbonyl (C=O) groups is 1. The first-order chi connectivity index (χ1) is 17.8. The zero-order chi connectivity index (χ0) is 24.6. The minimum Gasteiger partial charge on any atom is -0.348 e. The van der Waals surface area contributed by atoms with Crippen molar-refractivity contribution in [2.45, 2.75) is 122 Å². The Bertz CT molecular complexity index is 959. The summed E-state index contributed by atoms with van der Waals surface area (Å²) >= 11 is 0. The molecule has 0 bridgehead atoms. The van der Waals surface area contributed by atoms with E-state index in [0.717, 1.165) is 43.8 Å². The van der Waals surface area contributed by atoms with Crippen molar-refractivity contribution in [3.05, 3.63) is 35.5 Å². The molecule has 198 valence electrons. The summed E-state index contributed by atoms with van der Waals surface area (Å²) in [6.45, 7) is 4.70. The molecule has 2 aromatic rings. The van der Waals surface area contributed by atoms with Crippen LogP contribution >= 0.6 is 0 Å². The van der Waals surface area contributed by atoms with Crippen LogP contribution in [0.5, 0.6) is 0 Å². The van der Waals surface area contributed by atoms with Gasteiger partial charge in [0.25, 0.3) is 5.91 Å². The van der Waals surface area contributed by atoms with Gasteiger partial charge in [0.05, 0.1) is 0 Å². The Kier molecular flexibility index (Phi) is 9.41. The predicted molar refractivity (Wildman–Crippen MR) is 151 cm³/mol. The molecule has 0 atom stereocenters. The Hall–Kier alpha value is -1.81. The van der Waals surface area contributed by atoms with Crippen molar-refractivity contribution in [3.63, 3.8) is 0 Å². The number of aromatic nitrogens is 1. The van der Waals surface area contributed by atoms with Crippen LogP contribution in [0.25, 0.3) is 10.9 Å². The quantitative estimate of drug-likeness (QED) is 0.369. The second-order valence-corrected chi connectivity index (χ2v) is 12.0. The monoisotopic (exact) mass is 491 g/mol. The van der Waals surface area contributed by atoms with Crippen LogP contribution in [0.3, 0.4) is 0 Å². The first kappa shape index (κ1) is 25.8. The van der Waals surface area contributed by atoms with Crippen molar-refractivity contribution in [3.8, 4) is 0 Å². The summed E-state index contributed by atoms with van der Waals surface area (Å²) in [5.41, 5.74) is 3.60. The van der Waals surface area contributed by atoms with E-state index in [1.165, 1.54) is 120 Å². The van der Waals surface area contributed by atoms with Gasteiger partial charge in [-0.05, 0) is 82.1 Å². The SMILES string of the molecule is O=C(NC1CCCCCCC1)c1c(CC2CCCCC2)c2ccccc2n1CCCCN1CCCC1. The highest BCUT2D eigenvalue weighted by Gasteiger charge is 2.27. The van der Waals surface area contributed by atoms with E-state index in [1.54, 1.807) is 0 Å². The second-order valence-electron chi connectivity index (χ2n) is 12.0. The molecule has 5 rings (SSSR count). The van der Waals surface area contributed by atoms with E-state index in [0.29, 0.717) is 6.04 Å². The maximum atomic E-state index is 14.1. The highest BCUT2D eigenvalue weighted by molar-refractivity contribution is 6.02. The van der Waals surface area contributed by atoms with Crippen LogP contribution < -0.4 is 5.32 Å². The van der Waals surface area contributed by atoms with Crippen LogP contribution in [0.4, 0.5) is 0 Å². The topological polar surface area (TPSA) is 37.3 Å². The third-order valence-electron chi connectivity index (χ3n) is 9.25. The Labute approximate surface area is 219 Å². The summed E-state index contributed by atoms with van der Waals surface area (Å²) < 4.78 is 2.41. The molecule has 0 unspecified atom stereocenters. The fraction of sp³-hybridized carbons (Fsp3) is 0.719. The molecule has 1 N–H and O–H groups in total. The summed E-state index contributed by atoms with van der Waals surface area (Å²) in [5.74, 6) is 0.920. The molecule has 4 heteroatoms. The maximum Gasteiger partial charge on any atom is 0.268 e. The number of benzene rings is 1. The number of fused-ring (bicyclic) bond motifs is 1. The van der Waals surface area contributed by atoms with Crippen LogP contribution in [0.1, 0.15) is 119 Å². The van der Waals surface area contributed by atoms with Gasteiger partial charge in [-0.15, -0.1) is 0 Å². The number of nitrogens with zero attached hydrogens (tertiary/aromatic N) is 2. The Morgan fingerprint density at radius 1 is 0.778 bits per heavy atom. The van der Waals surface area contributed by atoms with E-state index < -0.39 is 0 Å². The summed E-state index contributed by atoms with van der Waals surface area (Å²) in [7, 11) is 0. The van der Waals surface area contributed by atoms with Crippen molar-refractivity contribution in [1.29, 1.82) is 0 Å². The van der Waals surface area contributed by atoms with Crippen LogP contribution in [0.15, 0.2) is 24.3 Å².